The van der Waals surface area contributed by atoms with Crippen LogP contribution < -0.4 is 4.74 Å². The average Bonchev–Trinajstić information content (AvgIpc) is 2.78. The Balaban J connectivity index is 1.37. The van der Waals surface area contributed by atoms with Crippen molar-refractivity contribution in [1.29, 1.82) is 5.26 Å². The van der Waals surface area contributed by atoms with Crippen LogP contribution in [0.1, 0.15) is 58.4 Å². The summed E-state index contributed by atoms with van der Waals surface area (Å²) in [7, 11) is 0. The van der Waals surface area contributed by atoms with Crippen LogP contribution in [0.3, 0.4) is 0 Å². The van der Waals surface area contributed by atoms with Gasteiger partial charge >= 0.3 is 6.09 Å². The lowest BCUT2D eigenvalue weighted by Gasteiger charge is -2.60. The van der Waals surface area contributed by atoms with Crippen LogP contribution in [-0.4, -0.2) is 72.0 Å². The number of aliphatic hydroxyl groups is 1. The first-order chi connectivity index (χ1) is 16.2. The minimum Gasteiger partial charge on any atom is -0.491 e. The highest BCUT2D eigenvalue weighted by molar-refractivity contribution is 5.68. The number of rotatable bonds is 5. The number of hydrogen-bond acceptors (Lipinski definition) is 6. The van der Waals surface area contributed by atoms with E-state index in [0.29, 0.717) is 35.1 Å². The summed E-state index contributed by atoms with van der Waals surface area (Å²) in [6.45, 7) is 9.79. The Bertz CT molecular complexity index is 865. The van der Waals surface area contributed by atoms with Crippen molar-refractivity contribution in [3.8, 4) is 11.8 Å². The molecule has 2 heterocycles. The summed E-state index contributed by atoms with van der Waals surface area (Å²) >= 11 is 0. The molecular formula is C27H39N3O4. The van der Waals surface area contributed by atoms with E-state index in [0.717, 1.165) is 26.2 Å². The fourth-order valence-corrected chi connectivity index (χ4v) is 6.30. The van der Waals surface area contributed by atoms with Crippen molar-refractivity contribution in [3.05, 3.63) is 29.8 Å². The smallest absolute Gasteiger partial charge is 0.410 e. The van der Waals surface area contributed by atoms with Crippen LogP contribution in [-0.2, 0) is 4.74 Å². The summed E-state index contributed by atoms with van der Waals surface area (Å²) in [5.74, 6) is 1.46. The summed E-state index contributed by atoms with van der Waals surface area (Å²) in [6.07, 6.45) is 5.58. The van der Waals surface area contributed by atoms with Gasteiger partial charge in [-0.15, -0.1) is 0 Å². The van der Waals surface area contributed by atoms with Gasteiger partial charge < -0.3 is 19.5 Å². The van der Waals surface area contributed by atoms with Crippen LogP contribution in [0.2, 0.25) is 0 Å². The van der Waals surface area contributed by atoms with Gasteiger partial charge in [-0.25, -0.2) is 4.79 Å². The highest BCUT2D eigenvalue weighted by Gasteiger charge is 2.54. The number of amides is 1. The number of ether oxygens (including phenoxy) is 2. The van der Waals surface area contributed by atoms with Crippen LogP contribution in [0.4, 0.5) is 4.79 Å². The minimum absolute atomic E-state index is 0.197. The maximum Gasteiger partial charge on any atom is 0.410 e. The highest BCUT2D eigenvalue weighted by Crippen LogP contribution is 2.54. The Morgan fingerprint density at radius 2 is 1.74 bits per heavy atom. The molecule has 1 amide bonds. The van der Waals surface area contributed by atoms with Crippen molar-refractivity contribution in [2.75, 3.05) is 39.3 Å². The Labute approximate surface area is 203 Å². The van der Waals surface area contributed by atoms with E-state index in [9.17, 15) is 9.90 Å². The molecule has 2 aliphatic heterocycles. The monoisotopic (exact) mass is 469 g/mol. The van der Waals surface area contributed by atoms with Gasteiger partial charge in [0.15, 0.2) is 0 Å². The SMILES string of the molecule is CC(C)(C)OC(=O)N1CC2CN(CC(O)COc3ccc(C#N)cc3)CC(C1)C21CCCCC1. The molecule has 1 saturated carbocycles. The first-order valence-electron chi connectivity index (χ1n) is 12.7. The van der Waals surface area contributed by atoms with Crippen molar-refractivity contribution in [2.24, 2.45) is 17.3 Å². The van der Waals surface area contributed by atoms with Crippen molar-refractivity contribution in [1.82, 2.24) is 9.80 Å². The van der Waals surface area contributed by atoms with Gasteiger partial charge in [0.05, 0.1) is 11.6 Å². The third-order valence-electron chi connectivity index (χ3n) is 7.80. The fourth-order valence-electron chi connectivity index (χ4n) is 6.30. The van der Waals surface area contributed by atoms with Gasteiger partial charge in [-0.3, -0.25) is 4.90 Å². The number of hydrogen-bond donors (Lipinski definition) is 1. The van der Waals surface area contributed by atoms with E-state index in [1.54, 1.807) is 24.3 Å². The predicted octanol–water partition coefficient (Wildman–Crippen LogP) is 4.05. The lowest BCUT2D eigenvalue weighted by Crippen LogP contribution is -2.65. The Morgan fingerprint density at radius 1 is 1.12 bits per heavy atom. The van der Waals surface area contributed by atoms with Crippen LogP contribution in [0.25, 0.3) is 0 Å². The number of piperidine rings is 2. The highest BCUT2D eigenvalue weighted by atomic mass is 16.6. The molecule has 2 bridgehead atoms. The molecule has 7 nitrogen and oxygen atoms in total. The maximum atomic E-state index is 12.9. The normalized spacial score (nSPS) is 25.4. The van der Waals surface area contributed by atoms with Crippen LogP contribution in [0.5, 0.6) is 5.75 Å². The molecule has 1 aromatic carbocycles. The zero-order valence-corrected chi connectivity index (χ0v) is 20.8. The second-order valence-corrected chi connectivity index (χ2v) is 11.4. The van der Waals surface area contributed by atoms with Crippen LogP contribution in [0, 0.1) is 28.6 Å². The third-order valence-corrected chi connectivity index (χ3v) is 7.80. The van der Waals surface area contributed by atoms with E-state index in [4.69, 9.17) is 14.7 Å². The summed E-state index contributed by atoms with van der Waals surface area (Å²) in [6, 6.07) is 9.04. The molecule has 1 aromatic rings. The quantitative estimate of drug-likeness (QED) is 0.700. The van der Waals surface area contributed by atoms with Crippen molar-refractivity contribution >= 4 is 6.09 Å². The lowest BCUT2D eigenvalue weighted by atomic mass is 9.55. The van der Waals surface area contributed by atoms with E-state index < -0.39 is 11.7 Å². The molecule has 3 aliphatic rings. The van der Waals surface area contributed by atoms with Gasteiger partial charge in [0.2, 0.25) is 0 Å². The van der Waals surface area contributed by atoms with Crippen LogP contribution >= 0.6 is 0 Å². The Hall–Kier alpha value is -2.30. The summed E-state index contributed by atoms with van der Waals surface area (Å²) in [4.78, 5) is 17.2. The molecule has 2 saturated heterocycles. The number of aliphatic hydroxyl groups excluding tert-OH is 1. The molecule has 4 rings (SSSR count). The Morgan fingerprint density at radius 3 is 2.29 bits per heavy atom. The largest absolute Gasteiger partial charge is 0.491 e. The van der Waals surface area contributed by atoms with E-state index in [-0.39, 0.29) is 12.7 Å². The lowest BCUT2D eigenvalue weighted by molar-refractivity contribution is -0.115. The van der Waals surface area contributed by atoms with E-state index in [2.05, 4.69) is 11.0 Å². The molecule has 7 heteroatoms. The van der Waals surface area contributed by atoms with Gasteiger partial charge in [0.25, 0.3) is 0 Å². The molecule has 0 aromatic heterocycles. The number of carbonyl (C=O) groups is 1. The van der Waals surface area contributed by atoms with Gasteiger partial charge in [0.1, 0.15) is 24.1 Å². The fraction of sp³-hybridized carbons (Fsp3) is 0.704. The van der Waals surface area contributed by atoms with Gasteiger partial charge in [-0.1, -0.05) is 19.3 Å². The second-order valence-electron chi connectivity index (χ2n) is 11.4. The maximum absolute atomic E-state index is 12.9. The molecule has 1 spiro atoms. The number of β-amino-alcohol motifs (C(OH)–C–C–N with tert-alkyl or cyclic N) is 1. The first kappa shape index (κ1) is 24.8. The van der Waals surface area contributed by atoms with Gasteiger partial charge in [0, 0.05) is 32.7 Å². The molecule has 34 heavy (non-hydrogen) atoms. The topological polar surface area (TPSA) is 86.0 Å². The van der Waals surface area contributed by atoms with E-state index >= 15 is 0 Å². The Kier molecular flexibility index (Phi) is 7.39. The number of likely N-dealkylation sites (tertiary alicyclic amines) is 2. The van der Waals surface area contributed by atoms with Crippen LogP contribution in [0.15, 0.2) is 24.3 Å². The zero-order chi connectivity index (χ0) is 24.3. The van der Waals surface area contributed by atoms with Gasteiger partial charge in [-0.2, -0.15) is 5.26 Å². The van der Waals surface area contributed by atoms with Crippen molar-refractivity contribution < 1.29 is 19.4 Å². The molecule has 1 N–H and O–H groups in total. The predicted molar refractivity (Wildman–Crippen MR) is 129 cm³/mol. The number of carbonyl (C=O) groups excluding carboxylic acids is 1. The number of nitriles is 1. The summed E-state index contributed by atoms with van der Waals surface area (Å²) in [5, 5.41) is 19.6. The average molecular weight is 470 g/mol. The summed E-state index contributed by atoms with van der Waals surface area (Å²) < 4.78 is 11.4. The molecule has 3 unspecified atom stereocenters. The van der Waals surface area contributed by atoms with Gasteiger partial charge in [-0.05, 0) is 75.1 Å². The molecular weight excluding hydrogens is 430 g/mol. The molecule has 1 aliphatic carbocycles. The first-order valence-corrected chi connectivity index (χ1v) is 12.7. The number of benzene rings is 1. The van der Waals surface area contributed by atoms with Crippen molar-refractivity contribution in [2.45, 2.75) is 64.6 Å². The standard InChI is InChI=1S/C27H39N3O4/c1-26(2,3)34-25(32)30-16-21-14-29(15-22(17-30)27(21)11-5-4-6-12-27)18-23(31)19-33-24-9-7-20(13-28)8-10-24/h7-10,21-23,31H,4-6,11-12,14-19H2,1-3H3. The molecule has 186 valence electrons. The molecule has 0 radical (unpaired) electrons. The third kappa shape index (κ3) is 5.67. The van der Waals surface area contributed by atoms with E-state index in [1.165, 1.54) is 32.1 Å². The molecule has 3 fully saturated rings. The summed E-state index contributed by atoms with van der Waals surface area (Å²) in [5.41, 5.74) is 0.416. The zero-order valence-electron chi connectivity index (χ0n) is 20.8. The van der Waals surface area contributed by atoms with E-state index in [1.807, 2.05) is 25.7 Å². The minimum atomic E-state index is -0.598. The molecule has 3 atom stereocenters. The number of nitrogens with zero attached hydrogens (tertiary/aromatic N) is 3. The van der Waals surface area contributed by atoms with Crippen molar-refractivity contribution in [3.63, 3.8) is 0 Å². The second kappa shape index (κ2) is 10.1.